The van der Waals surface area contributed by atoms with E-state index >= 15 is 0 Å². The number of nitriles is 2. The molecule has 1 aliphatic heterocycles. The van der Waals surface area contributed by atoms with Gasteiger partial charge in [-0.1, -0.05) is 0 Å². The van der Waals surface area contributed by atoms with Gasteiger partial charge in [-0.2, -0.15) is 10.5 Å². The van der Waals surface area contributed by atoms with Gasteiger partial charge in [0.2, 0.25) is 11.8 Å². The van der Waals surface area contributed by atoms with Gasteiger partial charge < -0.3 is 15.0 Å². The molecule has 8 nitrogen and oxygen atoms in total. The quantitative estimate of drug-likeness (QED) is 0.591. The number of rotatable bonds is 5. The van der Waals surface area contributed by atoms with Crippen LogP contribution >= 0.6 is 0 Å². The Morgan fingerprint density at radius 1 is 1.29 bits per heavy atom. The molecule has 0 bridgehead atoms. The van der Waals surface area contributed by atoms with Crippen LogP contribution in [-0.2, 0) is 9.53 Å². The summed E-state index contributed by atoms with van der Waals surface area (Å²) in [6.07, 6.45) is 6.39. The lowest BCUT2D eigenvalue weighted by Gasteiger charge is -2.30. The predicted octanol–water partition coefficient (Wildman–Crippen LogP) is 1.71. The van der Waals surface area contributed by atoms with Gasteiger partial charge in [-0.3, -0.25) is 10.2 Å². The lowest BCUT2D eigenvalue weighted by Crippen LogP contribution is -2.44. The van der Waals surface area contributed by atoms with Gasteiger partial charge in [-0.05, 0) is 50.7 Å². The highest BCUT2D eigenvalue weighted by Gasteiger charge is 2.29. The average molecular weight is 380 g/mol. The minimum atomic E-state index is -0.278. The van der Waals surface area contributed by atoms with E-state index in [0.29, 0.717) is 17.8 Å². The lowest BCUT2D eigenvalue weighted by atomic mass is 9.93. The molecule has 1 saturated heterocycles. The normalized spacial score (nSPS) is 24.2. The molecule has 0 unspecified atom stereocenters. The molecule has 3 rings (SSSR count). The van der Waals surface area contributed by atoms with E-state index in [2.05, 4.69) is 16.4 Å². The molecule has 28 heavy (non-hydrogen) atoms. The molecule has 1 atom stereocenters. The smallest absolute Gasteiger partial charge is 0.237 e. The second-order valence-corrected chi connectivity index (χ2v) is 7.22. The number of carbonyl (C=O) groups is 1. The molecule has 1 aromatic rings. The number of hydrogen-bond acceptors (Lipinski definition) is 7. The zero-order valence-electron chi connectivity index (χ0n) is 15.7. The zero-order chi connectivity index (χ0) is 19.9. The molecule has 0 spiro atoms. The molecule has 1 amide bonds. The Morgan fingerprint density at radius 2 is 2.07 bits per heavy atom. The number of nitrogens with one attached hydrogen (secondary N) is 2. The largest absolute Gasteiger partial charge is 0.473 e. The minimum Gasteiger partial charge on any atom is -0.473 e. The van der Waals surface area contributed by atoms with Crippen LogP contribution in [0.2, 0.25) is 0 Å². The van der Waals surface area contributed by atoms with Crippen molar-refractivity contribution < 1.29 is 9.53 Å². The summed E-state index contributed by atoms with van der Waals surface area (Å²) in [4.78, 5) is 18.1. The van der Waals surface area contributed by atoms with Crippen molar-refractivity contribution >= 4 is 11.8 Å². The zero-order valence-corrected chi connectivity index (χ0v) is 15.7. The molecule has 2 aliphatic rings. The maximum absolute atomic E-state index is 12.3. The van der Waals surface area contributed by atoms with Crippen LogP contribution in [0.3, 0.4) is 0 Å². The summed E-state index contributed by atoms with van der Waals surface area (Å²) in [5.74, 6) is 0.0174. The van der Waals surface area contributed by atoms with Crippen molar-refractivity contribution in [3.05, 3.63) is 29.6 Å². The summed E-state index contributed by atoms with van der Waals surface area (Å²) in [6.45, 7) is 0.935. The van der Waals surface area contributed by atoms with Gasteiger partial charge >= 0.3 is 0 Å². The monoisotopic (exact) mass is 380 g/mol. The van der Waals surface area contributed by atoms with Crippen LogP contribution in [0.25, 0.3) is 0 Å². The van der Waals surface area contributed by atoms with E-state index in [0.717, 1.165) is 38.5 Å². The van der Waals surface area contributed by atoms with Crippen LogP contribution in [0.1, 0.15) is 49.8 Å². The van der Waals surface area contributed by atoms with E-state index < -0.39 is 0 Å². The van der Waals surface area contributed by atoms with Crippen molar-refractivity contribution in [2.75, 3.05) is 13.1 Å². The topological polar surface area (TPSA) is 126 Å². The van der Waals surface area contributed by atoms with Crippen molar-refractivity contribution in [3.8, 4) is 12.1 Å². The molecular formula is C20H24N6O2. The van der Waals surface area contributed by atoms with Crippen LogP contribution in [-0.4, -0.2) is 53.0 Å². The molecule has 2 N–H and O–H groups in total. The van der Waals surface area contributed by atoms with Crippen molar-refractivity contribution in [3.63, 3.8) is 0 Å². The van der Waals surface area contributed by atoms with Gasteiger partial charge in [0.05, 0.1) is 18.2 Å². The maximum Gasteiger partial charge on any atom is 0.237 e. The van der Waals surface area contributed by atoms with Crippen LogP contribution in [0.5, 0.6) is 0 Å². The SMILES string of the molecule is N#Cc1ccc(C(=N)OC2CCC(NCC(=O)N3CCC[C@H]3C#N)CC2)nc1. The van der Waals surface area contributed by atoms with Crippen molar-refractivity contribution in [2.24, 2.45) is 0 Å². The third kappa shape index (κ3) is 4.85. The molecule has 0 aromatic carbocycles. The van der Waals surface area contributed by atoms with Crippen molar-refractivity contribution in [1.29, 1.82) is 15.9 Å². The number of hydrogen-bond donors (Lipinski definition) is 2. The maximum atomic E-state index is 12.3. The summed E-state index contributed by atoms with van der Waals surface area (Å²) in [5, 5.41) is 29.3. The molecule has 1 aliphatic carbocycles. The fourth-order valence-corrected chi connectivity index (χ4v) is 3.74. The van der Waals surface area contributed by atoms with Crippen LogP contribution < -0.4 is 5.32 Å². The number of ether oxygens (including phenoxy) is 1. The number of likely N-dealkylation sites (tertiary alicyclic amines) is 1. The first-order valence-electron chi connectivity index (χ1n) is 9.65. The molecular weight excluding hydrogens is 356 g/mol. The Kier molecular flexibility index (Phi) is 6.57. The van der Waals surface area contributed by atoms with E-state index in [1.807, 2.05) is 6.07 Å². The van der Waals surface area contributed by atoms with Crippen LogP contribution in [0.4, 0.5) is 0 Å². The second-order valence-electron chi connectivity index (χ2n) is 7.22. The minimum absolute atomic E-state index is 0.00362. The Morgan fingerprint density at radius 3 is 2.71 bits per heavy atom. The first-order valence-corrected chi connectivity index (χ1v) is 9.65. The molecule has 146 valence electrons. The molecule has 2 fully saturated rings. The summed E-state index contributed by atoms with van der Waals surface area (Å²) < 4.78 is 5.73. The number of aromatic nitrogens is 1. The molecule has 0 radical (unpaired) electrons. The van der Waals surface area contributed by atoms with Gasteiger partial charge in [0.1, 0.15) is 23.9 Å². The first-order chi connectivity index (χ1) is 13.6. The van der Waals surface area contributed by atoms with E-state index in [1.165, 1.54) is 6.20 Å². The first kappa shape index (κ1) is 19.8. The van der Waals surface area contributed by atoms with E-state index in [-0.39, 0.29) is 36.5 Å². The van der Waals surface area contributed by atoms with Crippen molar-refractivity contribution in [1.82, 2.24) is 15.2 Å². The number of amides is 1. The Hall–Kier alpha value is -2.97. The number of pyridine rings is 1. The highest BCUT2D eigenvalue weighted by atomic mass is 16.5. The molecule has 1 saturated carbocycles. The average Bonchev–Trinajstić information content (AvgIpc) is 3.22. The summed E-state index contributed by atoms with van der Waals surface area (Å²) in [7, 11) is 0. The van der Waals surface area contributed by atoms with E-state index in [4.69, 9.17) is 20.7 Å². The standard InChI is InChI=1S/C20H24N6O2/c21-10-14-3-8-18(25-12-14)20(23)28-17-6-4-15(5-7-17)24-13-19(27)26-9-1-2-16(26)11-22/h3,8,12,15-17,23-24H,1-2,4-7,9,13H2/t15?,16-,17?/m0/s1. The Labute approximate surface area is 164 Å². The third-order valence-corrected chi connectivity index (χ3v) is 5.35. The summed E-state index contributed by atoms with van der Waals surface area (Å²) >= 11 is 0. The van der Waals surface area contributed by atoms with E-state index in [1.54, 1.807) is 17.0 Å². The van der Waals surface area contributed by atoms with E-state index in [9.17, 15) is 4.79 Å². The van der Waals surface area contributed by atoms with Crippen LogP contribution in [0, 0.1) is 28.1 Å². The number of nitrogens with zero attached hydrogens (tertiary/aromatic N) is 4. The van der Waals surface area contributed by atoms with Crippen LogP contribution in [0.15, 0.2) is 18.3 Å². The highest BCUT2D eigenvalue weighted by Crippen LogP contribution is 2.22. The number of carbonyl (C=O) groups excluding carboxylic acids is 1. The molecule has 1 aromatic heterocycles. The van der Waals surface area contributed by atoms with Gasteiger partial charge in [0.25, 0.3) is 0 Å². The molecule has 2 heterocycles. The summed E-state index contributed by atoms with van der Waals surface area (Å²) in [5.41, 5.74) is 0.871. The lowest BCUT2D eigenvalue weighted by molar-refractivity contribution is -0.130. The van der Waals surface area contributed by atoms with Gasteiger partial charge in [-0.25, -0.2) is 4.98 Å². The molecule has 8 heteroatoms. The Balaban J connectivity index is 1.39. The third-order valence-electron chi connectivity index (χ3n) is 5.35. The second kappa shape index (κ2) is 9.29. The fourth-order valence-electron chi connectivity index (χ4n) is 3.74. The Bertz CT molecular complexity index is 786. The highest BCUT2D eigenvalue weighted by molar-refractivity contribution is 5.89. The predicted molar refractivity (Wildman–Crippen MR) is 101 cm³/mol. The van der Waals surface area contributed by atoms with Gasteiger partial charge in [0, 0.05) is 18.8 Å². The summed E-state index contributed by atoms with van der Waals surface area (Å²) in [6, 6.07) is 7.40. The van der Waals surface area contributed by atoms with Gasteiger partial charge in [0.15, 0.2) is 0 Å². The van der Waals surface area contributed by atoms with Gasteiger partial charge in [-0.15, -0.1) is 0 Å². The van der Waals surface area contributed by atoms with Crippen molar-refractivity contribution in [2.45, 2.75) is 56.7 Å². The fraction of sp³-hybridized carbons (Fsp3) is 0.550.